The van der Waals surface area contributed by atoms with Gasteiger partial charge in [0.1, 0.15) is 6.04 Å². The summed E-state index contributed by atoms with van der Waals surface area (Å²) in [6, 6.07) is 4.65. The van der Waals surface area contributed by atoms with E-state index in [-0.39, 0.29) is 0 Å². The largest absolute Gasteiger partial charge is 0.480 e. The third-order valence-electron chi connectivity index (χ3n) is 2.59. The third kappa shape index (κ3) is 4.48. The molecule has 0 amide bonds. The molecule has 1 unspecified atom stereocenters. The van der Waals surface area contributed by atoms with E-state index in [2.05, 4.69) is 5.32 Å². The number of benzene rings is 1. The standard InChI is InChI=1S/C13H17Cl2NO2/c1-8(2)6-12(13(17)18)16-7-9-10(14)4-3-5-11(9)15/h3-5,8,12,16H,6-7H2,1-2H3,(H,17,18). The molecule has 5 heteroatoms. The highest BCUT2D eigenvalue weighted by atomic mass is 35.5. The minimum absolute atomic E-state index is 0.306. The summed E-state index contributed by atoms with van der Waals surface area (Å²) < 4.78 is 0. The topological polar surface area (TPSA) is 49.3 Å². The summed E-state index contributed by atoms with van der Waals surface area (Å²) >= 11 is 12.1. The second-order valence-electron chi connectivity index (χ2n) is 4.60. The van der Waals surface area contributed by atoms with Crippen molar-refractivity contribution in [2.24, 2.45) is 5.92 Å². The van der Waals surface area contributed by atoms with Gasteiger partial charge >= 0.3 is 5.97 Å². The van der Waals surface area contributed by atoms with Gasteiger partial charge in [-0.3, -0.25) is 4.79 Å². The third-order valence-corrected chi connectivity index (χ3v) is 3.30. The fourth-order valence-electron chi connectivity index (χ4n) is 1.67. The van der Waals surface area contributed by atoms with E-state index in [4.69, 9.17) is 28.3 Å². The fraction of sp³-hybridized carbons (Fsp3) is 0.462. The molecule has 18 heavy (non-hydrogen) atoms. The molecule has 0 bridgehead atoms. The SMILES string of the molecule is CC(C)CC(NCc1c(Cl)cccc1Cl)C(=O)O. The Morgan fingerprint density at radius 2 is 1.89 bits per heavy atom. The zero-order chi connectivity index (χ0) is 13.7. The first-order valence-corrected chi connectivity index (χ1v) is 6.56. The first kappa shape index (κ1) is 15.3. The van der Waals surface area contributed by atoms with E-state index in [9.17, 15) is 4.79 Å². The molecule has 2 N–H and O–H groups in total. The first-order chi connectivity index (χ1) is 8.41. The summed E-state index contributed by atoms with van der Waals surface area (Å²) in [5.74, 6) is -0.549. The lowest BCUT2D eigenvalue weighted by molar-refractivity contribution is -0.140. The van der Waals surface area contributed by atoms with Crippen LogP contribution in [0.1, 0.15) is 25.8 Å². The molecule has 100 valence electrons. The average Bonchev–Trinajstić information content (AvgIpc) is 2.26. The van der Waals surface area contributed by atoms with E-state index >= 15 is 0 Å². The smallest absolute Gasteiger partial charge is 0.320 e. The number of carboxylic acid groups (broad SMARTS) is 1. The predicted molar refractivity (Wildman–Crippen MR) is 74.2 cm³/mol. The van der Waals surface area contributed by atoms with Crippen molar-refractivity contribution in [2.45, 2.75) is 32.9 Å². The van der Waals surface area contributed by atoms with Crippen LogP contribution < -0.4 is 5.32 Å². The van der Waals surface area contributed by atoms with E-state index in [1.54, 1.807) is 18.2 Å². The van der Waals surface area contributed by atoms with Crippen molar-refractivity contribution in [3.63, 3.8) is 0 Å². The highest BCUT2D eigenvalue weighted by molar-refractivity contribution is 6.35. The molecule has 1 atom stereocenters. The number of hydrogen-bond acceptors (Lipinski definition) is 2. The minimum Gasteiger partial charge on any atom is -0.480 e. The maximum atomic E-state index is 11.1. The van der Waals surface area contributed by atoms with Gasteiger partial charge in [0, 0.05) is 22.2 Å². The number of carbonyl (C=O) groups is 1. The van der Waals surface area contributed by atoms with Gasteiger partial charge in [0.15, 0.2) is 0 Å². The van der Waals surface area contributed by atoms with Gasteiger partial charge in [0.05, 0.1) is 0 Å². The van der Waals surface area contributed by atoms with E-state index < -0.39 is 12.0 Å². The van der Waals surface area contributed by atoms with Gasteiger partial charge in [0.25, 0.3) is 0 Å². The van der Waals surface area contributed by atoms with Crippen LogP contribution in [0, 0.1) is 5.92 Å². The molecule has 3 nitrogen and oxygen atoms in total. The highest BCUT2D eigenvalue weighted by Gasteiger charge is 2.19. The van der Waals surface area contributed by atoms with E-state index in [0.717, 1.165) is 5.56 Å². The molecule has 0 radical (unpaired) electrons. The van der Waals surface area contributed by atoms with Crippen LogP contribution in [0.2, 0.25) is 10.0 Å². The Balaban J connectivity index is 2.70. The number of rotatable bonds is 6. The van der Waals surface area contributed by atoms with Crippen LogP contribution in [0.5, 0.6) is 0 Å². The van der Waals surface area contributed by atoms with Crippen LogP contribution in [-0.2, 0) is 11.3 Å². The molecule has 0 heterocycles. The number of hydrogen-bond donors (Lipinski definition) is 2. The summed E-state index contributed by atoms with van der Waals surface area (Å²) in [5.41, 5.74) is 0.732. The Hall–Kier alpha value is -0.770. The molecular weight excluding hydrogens is 273 g/mol. The van der Waals surface area contributed by atoms with Crippen LogP contribution in [0.25, 0.3) is 0 Å². The van der Waals surface area contributed by atoms with Gasteiger partial charge in [-0.05, 0) is 24.5 Å². The average molecular weight is 290 g/mol. The molecule has 0 aliphatic rings. The van der Waals surface area contributed by atoms with Gasteiger partial charge in [0.2, 0.25) is 0 Å². The second kappa shape index (κ2) is 6.98. The summed E-state index contributed by atoms with van der Waals surface area (Å²) in [7, 11) is 0. The Labute approximate surface area is 117 Å². The van der Waals surface area contributed by atoms with Crippen LogP contribution in [0.4, 0.5) is 0 Å². The molecule has 1 aromatic carbocycles. The van der Waals surface area contributed by atoms with Crippen molar-refractivity contribution in [3.8, 4) is 0 Å². The van der Waals surface area contributed by atoms with Crippen LogP contribution in [0.15, 0.2) is 18.2 Å². The lowest BCUT2D eigenvalue weighted by Gasteiger charge is -2.17. The second-order valence-corrected chi connectivity index (χ2v) is 5.42. The summed E-state index contributed by atoms with van der Waals surface area (Å²) in [6.45, 7) is 4.32. The van der Waals surface area contributed by atoms with Gasteiger partial charge in [-0.1, -0.05) is 43.1 Å². The molecule has 1 aromatic rings. The number of nitrogens with one attached hydrogen (secondary N) is 1. The Morgan fingerprint density at radius 1 is 1.33 bits per heavy atom. The van der Waals surface area contributed by atoms with Gasteiger partial charge in [-0.2, -0.15) is 0 Å². The van der Waals surface area contributed by atoms with E-state index in [1.807, 2.05) is 13.8 Å². The molecular formula is C13H17Cl2NO2. The zero-order valence-corrected chi connectivity index (χ0v) is 11.9. The van der Waals surface area contributed by atoms with Crippen molar-refractivity contribution in [3.05, 3.63) is 33.8 Å². The lowest BCUT2D eigenvalue weighted by Crippen LogP contribution is -2.37. The molecule has 0 spiro atoms. The maximum absolute atomic E-state index is 11.1. The summed E-state index contributed by atoms with van der Waals surface area (Å²) in [4.78, 5) is 11.1. The van der Waals surface area contributed by atoms with Crippen LogP contribution >= 0.6 is 23.2 Å². The molecule has 0 aliphatic heterocycles. The molecule has 1 rings (SSSR count). The highest BCUT2D eigenvalue weighted by Crippen LogP contribution is 2.24. The summed E-state index contributed by atoms with van der Waals surface area (Å²) in [6.07, 6.45) is 0.567. The normalized spacial score (nSPS) is 12.7. The molecule has 0 aliphatic carbocycles. The van der Waals surface area contributed by atoms with Crippen molar-refractivity contribution in [2.75, 3.05) is 0 Å². The van der Waals surface area contributed by atoms with Crippen molar-refractivity contribution in [1.82, 2.24) is 5.32 Å². The molecule has 0 saturated carbocycles. The number of halogens is 2. The van der Waals surface area contributed by atoms with E-state index in [0.29, 0.717) is 28.9 Å². The molecule has 0 fully saturated rings. The Morgan fingerprint density at radius 3 is 2.33 bits per heavy atom. The number of aliphatic carboxylic acids is 1. The van der Waals surface area contributed by atoms with Gasteiger partial charge in [-0.25, -0.2) is 0 Å². The quantitative estimate of drug-likeness (QED) is 0.842. The van der Waals surface area contributed by atoms with Crippen LogP contribution in [0.3, 0.4) is 0 Å². The zero-order valence-electron chi connectivity index (χ0n) is 10.4. The minimum atomic E-state index is -0.855. The van der Waals surface area contributed by atoms with Gasteiger partial charge < -0.3 is 10.4 Å². The molecule has 0 saturated heterocycles. The monoisotopic (exact) mass is 289 g/mol. The van der Waals surface area contributed by atoms with Crippen molar-refractivity contribution in [1.29, 1.82) is 0 Å². The summed E-state index contributed by atoms with van der Waals surface area (Å²) in [5, 5.41) is 13.2. The lowest BCUT2D eigenvalue weighted by atomic mass is 10.0. The van der Waals surface area contributed by atoms with E-state index in [1.165, 1.54) is 0 Å². The Kier molecular flexibility index (Phi) is 5.93. The molecule has 0 aromatic heterocycles. The van der Waals surface area contributed by atoms with Crippen LogP contribution in [-0.4, -0.2) is 17.1 Å². The van der Waals surface area contributed by atoms with Gasteiger partial charge in [-0.15, -0.1) is 0 Å². The van der Waals surface area contributed by atoms with Crippen molar-refractivity contribution >= 4 is 29.2 Å². The predicted octanol–water partition coefficient (Wildman–Crippen LogP) is 3.58. The Bertz CT molecular complexity index is 401. The number of carboxylic acids is 1. The first-order valence-electron chi connectivity index (χ1n) is 5.81. The maximum Gasteiger partial charge on any atom is 0.320 e. The fourth-order valence-corrected chi connectivity index (χ4v) is 2.20. The van der Waals surface area contributed by atoms with Crippen molar-refractivity contribution < 1.29 is 9.90 Å².